The van der Waals surface area contributed by atoms with Gasteiger partial charge in [-0.05, 0) is 19.3 Å². The molecule has 3 atom stereocenters. The van der Waals surface area contributed by atoms with Crippen LogP contribution in [0.15, 0.2) is 12.2 Å². The summed E-state index contributed by atoms with van der Waals surface area (Å²) in [5.41, 5.74) is 5.33. The predicted octanol–water partition coefficient (Wildman–Crippen LogP) is 8.10. The van der Waals surface area contributed by atoms with Gasteiger partial charge in [-0.3, -0.25) is 13.8 Å². The highest BCUT2D eigenvalue weighted by atomic mass is 31.2. The third-order valence-electron chi connectivity index (χ3n) is 7.36. The van der Waals surface area contributed by atoms with Crippen LogP contribution in [-0.4, -0.2) is 47.8 Å². The zero-order valence-corrected chi connectivity index (χ0v) is 27.4. The van der Waals surface area contributed by atoms with Crippen molar-refractivity contribution in [3.8, 4) is 0 Å². The zero-order valence-electron chi connectivity index (χ0n) is 26.5. The number of aliphatic hydroxyl groups is 1. The Kier molecular flexibility index (Phi) is 28.8. The van der Waals surface area contributed by atoms with Gasteiger partial charge < -0.3 is 21.1 Å². The zero-order chi connectivity index (χ0) is 30.4. The minimum Gasteiger partial charge on any atom is -0.387 e. The second-order valence-corrected chi connectivity index (χ2v) is 12.8. The Morgan fingerprint density at radius 2 is 1.24 bits per heavy atom. The average Bonchev–Trinajstić information content (AvgIpc) is 2.95. The van der Waals surface area contributed by atoms with E-state index in [1.165, 1.54) is 96.3 Å². The number of nitrogens with two attached hydrogens (primary N) is 1. The number of unbranched alkanes of at least 4 members (excludes halogenated alkanes) is 19. The quantitative estimate of drug-likeness (QED) is 0.0357. The third-order valence-corrected chi connectivity index (χ3v) is 8.35. The summed E-state index contributed by atoms with van der Waals surface area (Å²) in [5, 5.41) is 13.5. The lowest BCUT2D eigenvalue weighted by atomic mass is 10.0. The lowest BCUT2D eigenvalue weighted by molar-refractivity contribution is -0.123. The van der Waals surface area contributed by atoms with Crippen molar-refractivity contribution in [3.05, 3.63) is 12.2 Å². The number of rotatable bonds is 31. The second kappa shape index (κ2) is 29.3. The minimum atomic E-state index is -4.32. The van der Waals surface area contributed by atoms with Gasteiger partial charge in [-0.2, -0.15) is 0 Å². The molecule has 0 spiro atoms. The topological polar surface area (TPSA) is 131 Å². The van der Waals surface area contributed by atoms with Gasteiger partial charge in [0.2, 0.25) is 5.91 Å². The number of hydrogen-bond donors (Lipinski definition) is 4. The fourth-order valence-electron chi connectivity index (χ4n) is 4.78. The molecule has 0 saturated carbocycles. The first-order chi connectivity index (χ1) is 19.9. The summed E-state index contributed by atoms with van der Waals surface area (Å²) >= 11 is 0. The molecular weight excluding hydrogens is 539 g/mol. The van der Waals surface area contributed by atoms with Gasteiger partial charge >= 0.3 is 7.82 Å². The minimum absolute atomic E-state index is 0.0806. The standard InChI is InChI=1S/C32H65N2O6P/c1-3-5-7-9-11-13-15-17-19-21-23-25-31(35)30(29-40-41(37,38)39-28-27-33)34-32(36)26-24-22-20-18-16-14-12-10-8-6-4-2/h23,25,30-31,35H,3-22,24,26-29,33H2,1-2H3,(H,34,36)(H,37,38)/b25-23+/t30-,31+/m0/s1. The highest BCUT2D eigenvalue weighted by Gasteiger charge is 2.26. The number of amides is 1. The SMILES string of the molecule is CCCCCCCCCCC/C=C/[C@@H](O)[C@H](COP(=O)(O)OCCN)NC(=O)CCCCCCCCCCCCC. The summed E-state index contributed by atoms with van der Waals surface area (Å²) in [4.78, 5) is 22.4. The van der Waals surface area contributed by atoms with Crippen LogP contribution in [-0.2, 0) is 18.4 Å². The maximum Gasteiger partial charge on any atom is 0.472 e. The summed E-state index contributed by atoms with van der Waals surface area (Å²) in [6.07, 6.45) is 28.2. The number of nitrogens with one attached hydrogen (secondary N) is 1. The molecule has 0 aliphatic heterocycles. The molecule has 5 N–H and O–H groups in total. The van der Waals surface area contributed by atoms with E-state index in [4.69, 9.17) is 14.8 Å². The Hall–Kier alpha value is -0.760. The Bertz CT molecular complexity index is 664. The maximum absolute atomic E-state index is 12.6. The van der Waals surface area contributed by atoms with Gasteiger partial charge in [0, 0.05) is 13.0 Å². The molecule has 244 valence electrons. The average molecular weight is 605 g/mol. The van der Waals surface area contributed by atoms with E-state index in [2.05, 4.69) is 19.2 Å². The summed E-state index contributed by atoms with van der Waals surface area (Å²) in [6, 6.07) is -0.850. The molecule has 0 rings (SSSR count). The first-order valence-electron chi connectivity index (χ1n) is 16.8. The molecule has 9 heteroatoms. The van der Waals surface area contributed by atoms with E-state index in [-0.39, 0.29) is 25.7 Å². The first-order valence-corrected chi connectivity index (χ1v) is 18.3. The number of phosphoric acid groups is 1. The molecular formula is C32H65N2O6P. The summed E-state index contributed by atoms with van der Waals surface area (Å²) < 4.78 is 21.9. The molecule has 8 nitrogen and oxygen atoms in total. The molecule has 0 fully saturated rings. The van der Waals surface area contributed by atoms with Gasteiger partial charge in [0.25, 0.3) is 0 Å². The van der Waals surface area contributed by atoms with Gasteiger partial charge in [0.1, 0.15) is 0 Å². The van der Waals surface area contributed by atoms with Crippen LogP contribution in [0.2, 0.25) is 0 Å². The second-order valence-electron chi connectivity index (χ2n) is 11.4. The highest BCUT2D eigenvalue weighted by molar-refractivity contribution is 7.47. The summed E-state index contributed by atoms with van der Waals surface area (Å²) in [6.45, 7) is 4.09. The number of hydrogen-bond acceptors (Lipinski definition) is 6. The largest absolute Gasteiger partial charge is 0.472 e. The van der Waals surface area contributed by atoms with Crippen molar-refractivity contribution in [2.24, 2.45) is 5.73 Å². The molecule has 0 radical (unpaired) electrons. The highest BCUT2D eigenvalue weighted by Crippen LogP contribution is 2.43. The van der Waals surface area contributed by atoms with Gasteiger partial charge in [-0.15, -0.1) is 0 Å². The van der Waals surface area contributed by atoms with Crippen LogP contribution in [0.25, 0.3) is 0 Å². The molecule has 0 aliphatic carbocycles. The van der Waals surface area contributed by atoms with E-state index in [9.17, 15) is 19.4 Å². The van der Waals surface area contributed by atoms with Gasteiger partial charge in [0.05, 0.1) is 25.4 Å². The van der Waals surface area contributed by atoms with Gasteiger partial charge in [-0.1, -0.05) is 142 Å². The molecule has 0 bridgehead atoms. The Labute approximate surface area is 252 Å². The van der Waals surface area contributed by atoms with E-state index >= 15 is 0 Å². The van der Waals surface area contributed by atoms with Crippen LogP contribution in [0.4, 0.5) is 0 Å². The molecule has 0 aromatic rings. The van der Waals surface area contributed by atoms with E-state index in [1.54, 1.807) is 6.08 Å². The van der Waals surface area contributed by atoms with E-state index in [0.717, 1.165) is 38.5 Å². The van der Waals surface area contributed by atoms with Crippen molar-refractivity contribution in [3.63, 3.8) is 0 Å². The van der Waals surface area contributed by atoms with E-state index in [1.807, 2.05) is 6.08 Å². The third kappa shape index (κ3) is 27.8. The van der Waals surface area contributed by atoms with E-state index in [0.29, 0.717) is 6.42 Å². The molecule has 41 heavy (non-hydrogen) atoms. The monoisotopic (exact) mass is 604 g/mol. The number of phosphoric ester groups is 1. The van der Waals surface area contributed by atoms with Crippen molar-refractivity contribution < 1.29 is 28.4 Å². The molecule has 0 aromatic carbocycles. The lowest BCUT2D eigenvalue weighted by Gasteiger charge is -2.23. The number of carbonyl (C=O) groups excluding carboxylic acids is 1. The fraction of sp³-hybridized carbons (Fsp3) is 0.906. The van der Waals surface area contributed by atoms with Gasteiger partial charge in [0.15, 0.2) is 0 Å². The van der Waals surface area contributed by atoms with Crippen LogP contribution in [0, 0.1) is 0 Å². The van der Waals surface area contributed by atoms with Crippen LogP contribution < -0.4 is 11.1 Å². The summed E-state index contributed by atoms with van der Waals surface area (Å²) in [5.74, 6) is -0.198. The lowest BCUT2D eigenvalue weighted by Crippen LogP contribution is -2.45. The van der Waals surface area contributed by atoms with Crippen molar-refractivity contribution in [1.29, 1.82) is 0 Å². The molecule has 1 amide bonds. The predicted molar refractivity (Wildman–Crippen MR) is 171 cm³/mol. The van der Waals surface area contributed by atoms with Crippen LogP contribution >= 0.6 is 7.82 Å². The fourth-order valence-corrected chi connectivity index (χ4v) is 5.54. The summed E-state index contributed by atoms with van der Waals surface area (Å²) in [7, 11) is -4.32. The molecule has 1 unspecified atom stereocenters. The molecule has 0 saturated heterocycles. The van der Waals surface area contributed by atoms with Crippen molar-refractivity contribution in [2.75, 3.05) is 19.8 Å². The maximum atomic E-state index is 12.6. The van der Waals surface area contributed by atoms with Crippen LogP contribution in [0.3, 0.4) is 0 Å². The number of allylic oxidation sites excluding steroid dienone is 1. The molecule has 0 aliphatic rings. The smallest absolute Gasteiger partial charge is 0.387 e. The van der Waals surface area contributed by atoms with Crippen molar-refractivity contribution in [1.82, 2.24) is 5.32 Å². The van der Waals surface area contributed by atoms with Gasteiger partial charge in [-0.25, -0.2) is 4.57 Å². The first kappa shape index (κ1) is 40.2. The Balaban J connectivity index is 4.40. The normalized spacial score (nSPS) is 14.8. The molecule has 0 heterocycles. The van der Waals surface area contributed by atoms with E-state index < -0.39 is 20.0 Å². The molecule has 0 aromatic heterocycles. The van der Waals surface area contributed by atoms with Crippen molar-refractivity contribution in [2.45, 2.75) is 167 Å². The number of carbonyl (C=O) groups is 1. The van der Waals surface area contributed by atoms with Crippen LogP contribution in [0.5, 0.6) is 0 Å². The Morgan fingerprint density at radius 1 is 0.780 bits per heavy atom. The van der Waals surface area contributed by atoms with Crippen LogP contribution in [0.1, 0.15) is 155 Å². The number of aliphatic hydroxyl groups excluding tert-OH is 1. The van der Waals surface area contributed by atoms with Crippen molar-refractivity contribution >= 4 is 13.7 Å². The Morgan fingerprint density at radius 3 is 1.73 bits per heavy atom.